The molecule has 0 saturated carbocycles. The van der Waals surface area contributed by atoms with Gasteiger partial charge in [0.05, 0.1) is 13.2 Å². The monoisotopic (exact) mass is 260 g/mol. The van der Waals surface area contributed by atoms with Gasteiger partial charge in [-0.15, -0.1) is 0 Å². The van der Waals surface area contributed by atoms with Crippen LogP contribution in [0.4, 0.5) is 5.69 Å². The lowest BCUT2D eigenvalue weighted by molar-refractivity contribution is 0.0127. The van der Waals surface area contributed by atoms with Crippen molar-refractivity contribution in [1.82, 2.24) is 4.90 Å². The molecule has 1 N–H and O–H groups in total. The highest BCUT2D eigenvalue weighted by Crippen LogP contribution is 2.38. The lowest BCUT2D eigenvalue weighted by Crippen LogP contribution is -2.42. The van der Waals surface area contributed by atoms with E-state index < -0.39 is 0 Å². The zero-order valence-corrected chi connectivity index (χ0v) is 12.0. The maximum Gasteiger partial charge on any atom is 0.0594 e. The van der Waals surface area contributed by atoms with E-state index in [1.165, 1.54) is 23.2 Å². The smallest absolute Gasteiger partial charge is 0.0594 e. The molecule has 0 spiro atoms. The fourth-order valence-electron chi connectivity index (χ4n) is 3.37. The van der Waals surface area contributed by atoms with Crippen LogP contribution in [0.5, 0.6) is 0 Å². The van der Waals surface area contributed by atoms with Crippen molar-refractivity contribution in [3.8, 4) is 0 Å². The van der Waals surface area contributed by atoms with E-state index in [0.29, 0.717) is 12.1 Å². The molecule has 1 saturated heterocycles. The Morgan fingerprint density at radius 1 is 1.32 bits per heavy atom. The Bertz CT molecular complexity index is 440. The Hall–Kier alpha value is -1.06. The molecule has 0 aliphatic carbocycles. The molecule has 3 rings (SSSR count). The van der Waals surface area contributed by atoms with Crippen molar-refractivity contribution >= 4 is 5.69 Å². The second kappa shape index (κ2) is 5.51. The SMILES string of the molecule is CCc1cccc2c1NC(C)CC2N1CCOCC1. The van der Waals surface area contributed by atoms with E-state index in [1.807, 2.05) is 0 Å². The number of rotatable bonds is 2. The van der Waals surface area contributed by atoms with Gasteiger partial charge in [0, 0.05) is 30.9 Å². The minimum Gasteiger partial charge on any atom is -0.382 e. The number of hydrogen-bond acceptors (Lipinski definition) is 3. The molecule has 0 aromatic heterocycles. The molecule has 3 heteroatoms. The first-order chi connectivity index (χ1) is 9.29. The van der Waals surface area contributed by atoms with E-state index in [9.17, 15) is 0 Å². The van der Waals surface area contributed by atoms with Crippen LogP contribution in [-0.4, -0.2) is 37.2 Å². The molecule has 2 aliphatic heterocycles. The lowest BCUT2D eigenvalue weighted by atomic mass is 9.89. The second-order valence-corrected chi connectivity index (χ2v) is 5.68. The Balaban J connectivity index is 1.94. The van der Waals surface area contributed by atoms with Gasteiger partial charge in [0.2, 0.25) is 0 Å². The van der Waals surface area contributed by atoms with Crippen LogP contribution in [0.1, 0.15) is 37.4 Å². The summed E-state index contributed by atoms with van der Waals surface area (Å²) >= 11 is 0. The number of benzene rings is 1. The quantitative estimate of drug-likeness (QED) is 0.885. The Labute approximate surface area is 115 Å². The van der Waals surface area contributed by atoms with E-state index in [4.69, 9.17) is 4.74 Å². The third-order valence-electron chi connectivity index (χ3n) is 4.38. The summed E-state index contributed by atoms with van der Waals surface area (Å²) in [6, 6.07) is 7.87. The fourth-order valence-corrected chi connectivity index (χ4v) is 3.37. The van der Waals surface area contributed by atoms with Crippen molar-refractivity contribution in [2.75, 3.05) is 31.6 Å². The third-order valence-corrected chi connectivity index (χ3v) is 4.38. The van der Waals surface area contributed by atoms with Gasteiger partial charge in [0.25, 0.3) is 0 Å². The number of fused-ring (bicyclic) bond motifs is 1. The highest BCUT2D eigenvalue weighted by atomic mass is 16.5. The molecule has 1 aromatic carbocycles. The second-order valence-electron chi connectivity index (χ2n) is 5.68. The van der Waals surface area contributed by atoms with Crippen LogP contribution in [-0.2, 0) is 11.2 Å². The summed E-state index contributed by atoms with van der Waals surface area (Å²) in [6.45, 7) is 8.41. The predicted molar refractivity (Wildman–Crippen MR) is 78.7 cm³/mol. The largest absolute Gasteiger partial charge is 0.382 e. The summed E-state index contributed by atoms with van der Waals surface area (Å²) in [5.74, 6) is 0. The number of para-hydroxylation sites is 1. The zero-order valence-electron chi connectivity index (χ0n) is 12.0. The lowest BCUT2D eigenvalue weighted by Gasteiger charge is -2.41. The molecule has 1 aromatic rings. The van der Waals surface area contributed by atoms with Crippen molar-refractivity contribution < 1.29 is 4.74 Å². The van der Waals surface area contributed by atoms with Gasteiger partial charge in [-0.3, -0.25) is 4.90 Å². The van der Waals surface area contributed by atoms with Crippen molar-refractivity contribution in [2.24, 2.45) is 0 Å². The molecule has 2 aliphatic rings. The summed E-state index contributed by atoms with van der Waals surface area (Å²) in [6.07, 6.45) is 2.29. The molecule has 0 radical (unpaired) electrons. The number of morpholine rings is 1. The van der Waals surface area contributed by atoms with Gasteiger partial charge in [0.15, 0.2) is 0 Å². The van der Waals surface area contributed by atoms with Crippen molar-refractivity contribution in [3.63, 3.8) is 0 Å². The molecule has 2 atom stereocenters. The molecule has 104 valence electrons. The van der Waals surface area contributed by atoms with Gasteiger partial charge in [0.1, 0.15) is 0 Å². The predicted octanol–water partition coefficient (Wildman–Crippen LogP) is 2.83. The van der Waals surface area contributed by atoms with Crippen LogP contribution in [0.3, 0.4) is 0 Å². The van der Waals surface area contributed by atoms with Gasteiger partial charge < -0.3 is 10.1 Å². The number of ether oxygens (including phenoxy) is 1. The summed E-state index contributed by atoms with van der Waals surface area (Å²) in [5, 5.41) is 3.69. The molecule has 3 nitrogen and oxygen atoms in total. The van der Waals surface area contributed by atoms with Gasteiger partial charge in [-0.2, -0.15) is 0 Å². The number of anilines is 1. The van der Waals surface area contributed by atoms with Crippen LogP contribution in [0.25, 0.3) is 0 Å². The standard InChI is InChI=1S/C16H24N2O/c1-3-13-5-4-6-14-15(11-12(2)17-16(13)14)18-7-9-19-10-8-18/h4-6,12,15,17H,3,7-11H2,1-2H3. The Kier molecular flexibility index (Phi) is 3.76. The fraction of sp³-hybridized carbons (Fsp3) is 0.625. The molecular formula is C16H24N2O. The van der Waals surface area contributed by atoms with Gasteiger partial charge in [-0.25, -0.2) is 0 Å². The number of aryl methyl sites for hydroxylation is 1. The normalized spacial score (nSPS) is 27.7. The molecule has 2 unspecified atom stereocenters. The molecular weight excluding hydrogens is 236 g/mol. The van der Waals surface area contributed by atoms with E-state index >= 15 is 0 Å². The summed E-state index contributed by atoms with van der Waals surface area (Å²) < 4.78 is 5.49. The summed E-state index contributed by atoms with van der Waals surface area (Å²) in [5.41, 5.74) is 4.32. The van der Waals surface area contributed by atoms with Crippen molar-refractivity contribution in [3.05, 3.63) is 29.3 Å². The van der Waals surface area contributed by atoms with Gasteiger partial charge in [-0.05, 0) is 30.9 Å². The first-order valence-corrected chi connectivity index (χ1v) is 7.49. The topological polar surface area (TPSA) is 24.5 Å². The number of hydrogen-bond donors (Lipinski definition) is 1. The van der Waals surface area contributed by atoms with Crippen LogP contribution in [0.15, 0.2) is 18.2 Å². The third kappa shape index (κ3) is 2.49. The molecule has 0 amide bonds. The number of nitrogens with one attached hydrogen (secondary N) is 1. The average molecular weight is 260 g/mol. The summed E-state index contributed by atoms with van der Waals surface area (Å²) in [7, 11) is 0. The molecule has 1 fully saturated rings. The molecule has 19 heavy (non-hydrogen) atoms. The van der Waals surface area contributed by atoms with Gasteiger partial charge >= 0.3 is 0 Å². The zero-order chi connectivity index (χ0) is 13.2. The van der Waals surface area contributed by atoms with E-state index in [1.54, 1.807) is 0 Å². The maximum absolute atomic E-state index is 5.49. The molecule has 0 bridgehead atoms. The van der Waals surface area contributed by atoms with Crippen LogP contribution < -0.4 is 5.32 Å². The highest BCUT2D eigenvalue weighted by molar-refractivity contribution is 5.61. The Morgan fingerprint density at radius 2 is 2.11 bits per heavy atom. The average Bonchev–Trinajstić information content (AvgIpc) is 2.46. The van der Waals surface area contributed by atoms with E-state index in [-0.39, 0.29) is 0 Å². The van der Waals surface area contributed by atoms with Crippen molar-refractivity contribution in [2.45, 2.75) is 38.8 Å². The highest BCUT2D eigenvalue weighted by Gasteiger charge is 2.30. The van der Waals surface area contributed by atoms with Crippen LogP contribution in [0, 0.1) is 0 Å². The minimum absolute atomic E-state index is 0.549. The van der Waals surface area contributed by atoms with E-state index in [2.05, 4.69) is 42.3 Å². The van der Waals surface area contributed by atoms with E-state index in [0.717, 1.165) is 32.7 Å². The molecule has 2 heterocycles. The van der Waals surface area contributed by atoms with Crippen molar-refractivity contribution in [1.29, 1.82) is 0 Å². The van der Waals surface area contributed by atoms with Crippen LogP contribution >= 0.6 is 0 Å². The maximum atomic E-state index is 5.49. The summed E-state index contributed by atoms with van der Waals surface area (Å²) in [4.78, 5) is 2.60. The number of nitrogens with zero attached hydrogens (tertiary/aromatic N) is 1. The van der Waals surface area contributed by atoms with Gasteiger partial charge in [-0.1, -0.05) is 25.1 Å². The first kappa shape index (κ1) is 12.9. The minimum atomic E-state index is 0.549. The Morgan fingerprint density at radius 3 is 2.84 bits per heavy atom. The van der Waals surface area contributed by atoms with Crippen LogP contribution in [0.2, 0.25) is 0 Å². The first-order valence-electron chi connectivity index (χ1n) is 7.49.